The molecule has 5 aromatic carbocycles. The Hall–Kier alpha value is -11.8. The lowest BCUT2D eigenvalue weighted by molar-refractivity contribution is 0.287. The summed E-state index contributed by atoms with van der Waals surface area (Å²) >= 11 is 3.23. The van der Waals surface area contributed by atoms with Crippen molar-refractivity contribution in [3.8, 4) is 0 Å². The van der Waals surface area contributed by atoms with Crippen LogP contribution in [0.5, 0.6) is 0 Å². The quantitative estimate of drug-likeness (QED) is 0.0373. The summed E-state index contributed by atoms with van der Waals surface area (Å²) in [4.78, 5) is 36.9. The minimum atomic E-state index is 0.399. The van der Waals surface area contributed by atoms with Gasteiger partial charge in [-0.15, -0.1) is 22.7 Å². The van der Waals surface area contributed by atoms with Crippen molar-refractivity contribution in [1.82, 2.24) is 47.3 Å². The molecule has 5 atom stereocenters. The van der Waals surface area contributed by atoms with Crippen molar-refractivity contribution in [3.63, 3.8) is 0 Å². The van der Waals surface area contributed by atoms with Crippen molar-refractivity contribution in [2.75, 3.05) is 87.6 Å². The predicted octanol–water partition coefficient (Wildman–Crippen LogP) is 20.2. The average molecular weight is 1710 g/mol. The molecule has 0 aliphatic carbocycles. The van der Waals surface area contributed by atoms with Crippen LogP contribution < -0.4 is 28.7 Å². The van der Waals surface area contributed by atoms with Gasteiger partial charge in [0, 0.05) is 129 Å². The molecule has 0 spiro atoms. The van der Waals surface area contributed by atoms with Crippen molar-refractivity contribution in [2.45, 2.75) is 140 Å². The van der Waals surface area contributed by atoms with E-state index in [1.807, 2.05) is 89.6 Å². The Morgan fingerprint density at radius 3 is 0.920 bits per heavy atom. The van der Waals surface area contributed by atoms with Gasteiger partial charge in [0.2, 0.25) is 0 Å². The van der Waals surface area contributed by atoms with E-state index in [-0.39, 0.29) is 0 Å². The molecular formula is C100H120N20O3S2. The van der Waals surface area contributed by atoms with E-state index < -0.39 is 0 Å². The molecule has 5 saturated heterocycles. The van der Waals surface area contributed by atoms with E-state index in [1.165, 1.54) is 184 Å². The van der Waals surface area contributed by atoms with Crippen LogP contribution in [0.15, 0.2) is 281 Å². The molecule has 5 fully saturated rings. The number of furan rings is 3. The molecule has 10 N–H and O–H groups in total. The highest BCUT2D eigenvalue weighted by Crippen LogP contribution is 2.36. The lowest BCUT2D eigenvalue weighted by Gasteiger charge is -2.19. The fourth-order valence-electron chi connectivity index (χ4n) is 18.4. The maximum atomic E-state index is 6.10. The first-order valence-corrected chi connectivity index (χ1v) is 46.1. The average Bonchev–Trinajstić information content (AvgIpc) is 1.68. The number of nitrogens with two attached hydrogens (primary N) is 5. The fourth-order valence-corrected chi connectivity index (χ4v) is 19.6. The van der Waals surface area contributed by atoms with Gasteiger partial charge in [-0.25, -0.2) is 25.0 Å². The van der Waals surface area contributed by atoms with Gasteiger partial charge < -0.3 is 89.3 Å². The van der Waals surface area contributed by atoms with Gasteiger partial charge in [0.15, 0.2) is 34.8 Å². The Morgan fingerprint density at radius 1 is 0.320 bits per heavy atom. The predicted molar refractivity (Wildman–Crippen MR) is 518 cm³/mol. The number of fused-ring (bicyclic) bond motifs is 5. The Kier molecular flexibility index (Phi) is 28.7. The minimum absolute atomic E-state index is 0.399. The SMILES string of the molecule is CN1CCCC(n2ccc3cc(N=C(N)c4ccco4)ccc32)CC1.CN1CCCC(n2ccc3cc(N=C(N)c4ccco4)ccc32)CC1.CN1CCCC(n2ccc3cc(N=C(N)c4ccco4)ccc32)CC1.CN1CCCC1CCn1ccc2cc(N=C(N)c3cccs3)ccc21.CN1CCCC1CCn1ccc2cc(N=C(N)c3cccs3)ccc21. The number of aromatic nitrogens is 5. The number of amidine groups is 5. The van der Waals surface area contributed by atoms with E-state index in [0.29, 0.717) is 64.6 Å². The Labute approximate surface area is 741 Å². The summed E-state index contributed by atoms with van der Waals surface area (Å²) in [6, 6.07) is 64.4. The third-order valence-electron chi connectivity index (χ3n) is 25.4. The normalized spacial score (nSPS) is 19.7. The molecule has 0 saturated carbocycles. The first kappa shape index (κ1) is 86.7. The zero-order valence-corrected chi connectivity index (χ0v) is 74.4. The molecule has 650 valence electrons. The van der Waals surface area contributed by atoms with Gasteiger partial charge in [0.1, 0.15) is 11.7 Å². The number of aryl methyl sites for hydroxylation is 2. The molecule has 10 aromatic heterocycles. The van der Waals surface area contributed by atoms with Gasteiger partial charge in [0.25, 0.3) is 0 Å². The smallest absolute Gasteiger partial charge is 0.168 e. The van der Waals surface area contributed by atoms with Crippen LogP contribution in [0.2, 0.25) is 0 Å². The number of thiophene rings is 2. The molecule has 125 heavy (non-hydrogen) atoms. The first-order chi connectivity index (χ1) is 61.0. The molecule has 15 heterocycles. The van der Waals surface area contributed by atoms with Crippen LogP contribution in [0.1, 0.15) is 141 Å². The minimum Gasteiger partial charge on any atom is -0.461 e. The van der Waals surface area contributed by atoms with Gasteiger partial charge >= 0.3 is 0 Å². The van der Waals surface area contributed by atoms with Gasteiger partial charge in [0.05, 0.1) is 57.0 Å². The van der Waals surface area contributed by atoms with Crippen molar-refractivity contribution in [3.05, 3.63) is 270 Å². The molecule has 5 aliphatic heterocycles. The summed E-state index contributed by atoms with van der Waals surface area (Å²) in [6.07, 6.45) is 34.6. The van der Waals surface area contributed by atoms with E-state index in [1.54, 1.807) is 41.5 Å². The third kappa shape index (κ3) is 22.1. The third-order valence-corrected chi connectivity index (χ3v) is 27.2. The summed E-state index contributed by atoms with van der Waals surface area (Å²) in [5.41, 5.74) is 41.0. The number of rotatable bonds is 19. The second kappa shape index (κ2) is 41.3. The van der Waals surface area contributed by atoms with Crippen molar-refractivity contribution in [1.29, 1.82) is 0 Å². The molecule has 15 aromatic rings. The van der Waals surface area contributed by atoms with E-state index in [4.69, 9.17) is 41.9 Å². The Morgan fingerprint density at radius 2 is 0.624 bits per heavy atom. The summed E-state index contributed by atoms with van der Waals surface area (Å²) in [7, 11) is 11.1. The molecular weight excluding hydrogens is 1590 g/mol. The second-order valence-corrected chi connectivity index (χ2v) is 36.0. The highest BCUT2D eigenvalue weighted by atomic mass is 32.1. The van der Waals surface area contributed by atoms with Crippen LogP contribution in [0.3, 0.4) is 0 Å². The summed E-state index contributed by atoms with van der Waals surface area (Å²) in [5.74, 6) is 4.15. The number of hydrogen-bond donors (Lipinski definition) is 5. The number of aliphatic imine (C=N–C) groups is 5. The zero-order valence-electron chi connectivity index (χ0n) is 72.8. The van der Waals surface area contributed by atoms with Crippen LogP contribution in [-0.4, -0.2) is 176 Å². The molecule has 25 heteroatoms. The standard InChI is InChI=1S/3C20H24N4O.2C20H24N4S/c3*1-23-10-2-4-17(9-11-23)24-12-8-15-14-16(6-7-18(15)24)22-20(21)19-5-3-13-25-19;2*1-23-10-2-4-17(23)9-12-24-11-8-15-14-16(6-7-18(15)24)22-20(21)19-5-3-13-25-19/h3*3,5-8,12-14,17H,2,4,9-11H2,1H3,(H2,21,22);2*3,5-8,11,13-14,17H,2,4,9-10,12H2,1H3,(H2,21,22). The van der Waals surface area contributed by atoms with Crippen LogP contribution in [0, 0.1) is 0 Å². The Bertz CT molecular complexity index is 5620. The first-order valence-electron chi connectivity index (χ1n) is 44.4. The molecule has 20 rings (SSSR count). The van der Waals surface area contributed by atoms with Crippen molar-refractivity contribution in [2.24, 2.45) is 53.6 Å². The molecule has 0 amide bonds. The van der Waals surface area contributed by atoms with Crippen LogP contribution >= 0.6 is 22.7 Å². The van der Waals surface area contributed by atoms with Crippen molar-refractivity contribution >= 4 is 135 Å². The van der Waals surface area contributed by atoms with Crippen molar-refractivity contribution < 1.29 is 13.3 Å². The lowest BCUT2D eigenvalue weighted by atomic mass is 10.1. The van der Waals surface area contributed by atoms with Gasteiger partial charge in [-0.3, -0.25) is 0 Å². The van der Waals surface area contributed by atoms with E-state index >= 15 is 0 Å². The van der Waals surface area contributed by atoms with E-state index in [9.17, 15) is 0 Å². The highest BCUT2D eigenvalue weighted by Gasteiger charge is 2.25. The van der Waals surface area contributed by atoms with Crippen LogP contribution in [0.25, 0.3) is 54.5 Å². The summed E-state index contributed by atoms with van der Waals surface area (Å²) in [6.45, 7) is 11.7. The van der Waals surface area contributed by atoms with E-state index in [0.717, 1.165) is 83.0 Å². The highest BCUT2D eigenvalue weighted by molar-refractivity contribution is 7.12. The van der Waals surface area contributed by atoms with Crippen LogP contribution in [-0.2, 0) is 13.1 Å². The second-order valence-electron chi connectivity index (χ2n) is 34.1. The fraction of sp³-hybridized carbons (Fsp3) is 0.350. The van der Waals surface area contributed by atoms with Crippen LogP contribution in [0.4, 0.5) is 28.4 Å². The number of nitrogens with zero attached hydrogens (tertiary/aromatic N) is 15. The summed E-state index contributed by atoms with van der Waals surface area (Å²) in [5, 5.41) is 10.1. The summed E-state index contributed by atoms with van der Waals surface area (Å²) < 4.78 is 27.9. The van der Waals surface area contributed by atoms with Gasteiger partial charge in [-0.2, -0.15) is 0 Å². The number of benzene rings is 5. The number of hydrogen-bond acceptors (Lipinski definition) is 15. The largest absolute Gasteiger partial charge is 0.461 e. The molecule has 5 aliphatic rings. The zero-order chi connectivity index (χ0) is 86.1. The number of likely N-dealkylation sites (tertiary alicyclic amines) is 5. The van der Waals surface area contributed by atoms with Gasteiger partial charge in [-0.1, -0.05) is 12.1 Å². The lowest BCUT2D eigenvalue weighted by Crippen LogP contribution is -2.25. The molecule has 0 bridgehead atoms. The Balaban J connectivity index is 0.000000115. The maximum Gasteiger partial charge on any atom is 0.168 e. The molecule has 23 nitrogen and oxygen atoms in total. The van der Waals surface area contributed by atoms with Gasteiger partial charge in [-0.05, 0) is 365 Å². The molecule has 5 unspecified atom stereocenters. The molecule has 0 radical (unpaired) electrons. The van der Waals surface area contributed by atoms with E-state index in [2.05, 4.69) is 242 Å². The topological polar surface area (TPSA) is 272 Å². The maximum absolute atomic E-state index is 6.10. The monoisotopic (exact) mass is 1710 g/mol.